The molecule has 0 bridgehead atoms. The van der Waals surface area contributed by atoms with E-state index in [9.17, 15) is 0 Å². The highest BCUT2D eigenvalue weighted by Crippen LogP contribution is 2.09. The first-order valence-corrected chi connectivity index (χ1v) is 6.03. The van der Waals surface area contributed by atoms with Crippen LogP contribution in [0.1, 0.15) is 26.7 Å². The number of anilines is 1. The van der Waals surface area contributed by atoms with Gasteiger partial charge >= 0.3 is 0 Å². The number of hydrogen-bond acceptors (Lipinski definition) is 3. The van der Waals surface area contributed by atoms with Gasteiger partial charge in [0.15, 0.2) is 0 Å². The van der Waals surface area contributed by atoms with Gasteiger partial charge in [-0.2, -0.15) is 0 Å². The molecule has 4 heteroatoms. The molecule has 1 heterocycles. The van der Waals surface area contributed by atoms with Crippen molar-refractivity contribution in [1.29, 1.82) is 0 Å². The van der Waals surface area contributed by atoms with Gasteiger partial charge in [0, 0.05) is 19.3 Å². The van der Waals surface area contributed by atoms with Crippen molar-refractivity contribution < 1.29 is 4.74 Å². The zero-order chi connectivity index (χ0) is 11.8. The van der Waals surface area contributed by atoms with Crippen LogP contribution in [0.3, 0.4) is 0 Å². The Labute approximate surface area is 102 Å². The normalized spacial score (nSPS) is 10.8. The maximum absolute atomic E-state index is 5.74. The van der Waals surface area contributed by atoms with E-state index in [0.717, 1.165) is 31.8 Å². The number of halogens is 1. The summed E-state index contributed by atoms with van der Waals surface area (Å²) in [5.74, 6) is 0.870. The van der Waals surface area contributed by atoms with Crippen LogP contribution in [0.4, 0.5) is 5.82 Å². The molecule has 0 aliphatic rings. The van der Waals surface area contributed by atoms with E-state index in [1.165, 1.54) is 0 Å². The molecule has 0 fully saturated rings. The minimum absolute atomic E-state index is 0.325. The van der Waals surface area contributed by atoms with Crippen molar-refractivity contribution >= 4 is 17.4 Å². The Kier molecular flexibility index (Phi) is 6.19. The van der Waals surface area contributed by atoms with E-state index >= 15 is 0 Å². The molecule has 0 aliphatic carbocycles. The predicted octanol–water partition coefficient (Wildman–Crippen LogP) is 3.35. The van der Waals surface area contributed by atoms with Gasteiger partial charge in [0.2, 0.25) is 0 Å². The highest BCUT2D eigenvalue weighted by atomic mass is 35.5. The molecular formula is C12H19ClN2O. The number of pyridine rings is 1. The molecule has 0 saturated heterocycles. The summed E-state index contributed by atoms with van der Waals surface area (Å²) in [6, 6.07) is 3.71. The van der Waals surface area contributed by atoms with Crippen LogP contribution >= 0.6 is 11.6 Å². The first-order chi connectivity index (χ1) is 7.68. The number of nitrogens with zero attached hydrogens (tertiary/aromatic N) is 1. The summed E-state index contributed by atoms with van der Waals surface area (Å²) < 4.78 is 5.45. The van der Waals surface area contributed by atoms with Crippen molar-refractivity contribution in [3.63, 3.8) is 0 Å². The lowest BCUT2D eigenvalue weighted by Crippen LogP contribution is -2.07. The first kappa shape index (κ1) is 13.3. The summed E-state index contributed by atoms with van der Waals surface area (Å²) in [5.41, 5.74) is 0. The lowest BCUT2D eigenvalue weighted by atomic mass is 10.3. The Bertz CT molecular complexity index is 288. The SMILES string of the molecule is CC(C)OCCCCNc1ccc(Cl)cn1. The van der Waals surface area contributed by atoms with E-state index in [1.807, 2.05) is 12.1 Å². The van der Waals surface area contributed by atoms with Crippen LogP contribution in [0.2, 0.25) is 5.02 Å². The van der Waals surface area contributed by atoms with Crippen LogP contribution in [0.5, 0.6) is 0 Å². The molecule has 16 heavy (non-hydrogen) atoms. The quantitative estimate of drug-likeness (QED) is 0.745. The van der Waals surface area contributed by atoms with Crippen LogP contribution in [0.15, 0.2) is 18.3 Å². The molecule has 90 valence electrons. The Balaban J connectivity index is 2.05. The van der Waals surface area contributed by atoms with E-state index < -0.39 is 0 Å². The van der Waals surface area contributed by atoms with Gasteiger partial charge in [-0.15, -0.1) is 0 Å². The fourth-order valence-electron chi connectivity index (χ4n) is 1.24. The van der Waals surface area contributed by atoms with Crippen molar-refractivity contribution in [1.82, 2.24) is 4.98 Å². The second-order valence-corrected chi connectivity index (χ2v) is 4.35. The molecule has 1 N–H and O–H groups in total. The van der Waals surface area contributed by atoms with Gasteiger partial charge in [-0.25, -0.2) is 4.98 Å². The number of rotatable bonds is 7. The van der Waals surface area contributed by atoms with E-state index in [0.29, 0.717) is 11.1 Å². The van der Waals surface area contributed by atoms with Gasteiger partial charge in [0.1, 0.15) is 5.82 Å². The molecule has 0 amide bonds. The summed E-state index contributed by atoms with van der Waals surface area (Å²) in [7, 11) is 0. The van der Waals surface area contributed by atoms with Gasteiger partial charge in [0.25, 0.3) is 0 Å². The maximum atomic E-state index is 5.74. The standard InChI is InChI=1S/C12H19ClN2O/c1-10(2)16-8-4-3-7-14-12-6-5-11(13)9-15-12/h5-6,9-10H,3-4,7-8H2,1-2H3,(H,14,15). The summed E-state index contributed by atoms with van der Waals surface area (Å²) in [6.07, 6.45) is 4.12. The number of unbranched alkanes of at least 4 members (excludes halogenated alkanes) is 1. The Morgan fingerprint density at radius 1 is 1.38 bits per heavy atom. The summed E-state index contributed by atoms with van der Waals surface area (Å²) in [5, 5.41) is 3.90. The molecule has 3 nitrogen and oxygen atoms in total. The van der Waals surface area contributed by atoms with E-state index in [2.05, 4.69) is 24.1 Å². The molecule has 0 atom stereocenters. The zero-order valence-corrected chi connectivity index (χ0v) is 10.6. The Morgan fingerprint density at radius 3 is 2.81 bits per heavy atom. The van der Waals surface area contributed by atoms with Gasteiger partial charge in [-0.1, -0.05) is 11.6 Å². The van der Waals surface area contributed by atoms with Crippen LogP contribution in [0.25, 0.3) is 0 Å². The first-order valence-electron chi connectivity index (χ1n) is 5.65. The summed E-state index contributed by atoms with van der Waals surface area (Å²) in [4.78, 5) is 4.15. The van der Waals surface area contributed by atoms with E-state index in [4.69, 9.17) is 16.3 Å². The lowest BCUT2D eigenvalue weighted by molar-refractivity contribution is 0.0765. The fourth-order valence-corrected chi connectivity index (χ4v) is 1.35. The molecule has 0 spiro atoms. The Morgan fingerprint density at radius 2 is 2.19 bits per heavy atom. The number of hydrogen-bond donors (Lipinski definition) is 1. The topological polar surface area (TPSA) is 34.1 Å². The fraction of sp³-hybridized carbons (Fsp3) is 0.583. The van der Waals surface area contributed by atoms with Gasteiger partial charge < -0.3 is 10.1 Å². The van der Waals surface area contributed by atoms with Crippen molar-refractivity contribution in [2.45, 2.75) is 32.8 Å². The highest BCUT2D eigenvalue weighted by molar-refractivity contribution is 6.30. The van der Waals surface area contributed by atoms with Gasteiger partial charge in [-0.05, 0) is 38.8 Å². The second kappa shape index (κ2) is 7.47. The van der Waals surface area contributed by atoms with Gasteiger partial charge in [0.05, 0.1) is 11.1 Å². The average Bonchev–Trinajstić information content (AvgIpc) is 2.25. The number of nitrogens with one attached hydrogen (secondary N) is 1. The number of aromatic nitrogens is 1. The maximum Gasteiger partial charge on any atom is 0.125 e. The molecule has 0 aromatic carbocycles. The Hall–Kier alpha value is -0.800. The second-order valence-electron chi connectivity index (χ2n) is 3.92. The van der Waals surface area contributed by atoms with E-state index in [1.54, 1.807) is 6.20 Å². The predicted molar refractivity (Wildman–Crippen MR) is 68.1 cm³/mol. The third kappa shape index (κ3) is 5.93. The smallest absolute Gasteiger partial charge is 0.125 e. The van der Waals surface area contributed by atoms with Crippen molar-refractivity contribution in [2.24, 2.45) is 0 Å². The van der Waals surface area contributed by atoms with Crippen molar-refractivity contribution in [2.75, 3.05) is 18.5 Å². The van der Waals surface area contributed by atoms with E-state index in [-0.39, 0.29) is 0 Å². The van der Waals surface area contributed by atoms with Crippen LogP contribution in [-0.4, -0.2) is 24.2 Å². The molecule has 1 aromatic rings. The van der Waals surface area contributed by atoms with Crippen molar-refractivity contribution in [3.05, 3.63) is 23.4 Å². The average molecular weight is 243 g/mol. The molecule has 1 rings (SSSR count). The minimum atomic E-state index is 0.325. The molecular weight excluding hydrogens is 224 g/mol. The van der Waals surface area contributed by atoms with Gasteiger partial charge in [-0.3, -0.25) is 0 Å². The highest BCUT2D eigenvalue weighted by Gasteiger charge is 1.95. The van der Waals surface area contributed by atoms with Crippen LogP contribution in [-0.2, 0) is 4.74 Å². The monoisotopic (exact) mass is 242 g/mol. The zero-order valence-electron chi connectivity index (χ0n) is 9.87. The molecule has 0 aliphatic heterocycles. The third-order valence-electron chi connectivity index (χ3n) is 2.06. The number of ether oxygens (including phenoxy) is 1. The largest absolute Gasteiger partial charge is 0.379 e. The van der Waals surface area contributed by atoms with Crippen LogP contribution in [0, 0.1) is 0 Å². The lowest BCUT2D eigenvalue weighted by Gasteiger charge is -2.08. The molecule has 0 saturated carbocycles. The summed E-state index contributed by atoms with van der Waals surface area (Å²) >= 11 is 5.74. The molecule has 0 radical (unpaired) electrons. The molecule has 1 aromatic heterocycles. The van der Waals surface area contributed by atoms with Crippen molar-refractivity contribution in [3.8, 4) is 0 Å². The minimum Gasteiger partial charge on any atom is -0.379 e. The summed E-state index contributed by atoms with van der Waals surface area (Å²) in [6.45, 7) is 5.84. The third-order valence-corrected chi connectivity index (χ3v) is 2.28. The molecule has 0 unspecified atom stereocenters. The van der Waals surface area contributed by atoms with Crippen LogP contribution < -0.4 is 5.32 Å².